The van der Waals surface area contributed by atoms with Crippen molar-refractivity contribution in [2.75, 3.05) is 26.7 Å². The van der Waals surface area contributed by atoms with Crippen LogP contribution in [0.2, 0.25) is 0 Å². The number of likely N-dealkylation sites (tertiary alicyclic amines) is 1. The first-order valence-electron chi connectivity index (χ1n) is 9.36. The van der Waals surface area contributed by atoms with Gasteiger partial charge >= 0.3 is 0 Å². The number of aromatic nitrogens is 3. The van der Waals surface area contributed by atoms with Crippen molar-refractivity contribution in [1.29, 1.82) is 0 Å². The van der Waals surface area contributed by atoms with Gasteiger partial charge in [-0.2, -0.15) is 5.10 Å². The molecule has 2 aromatic rings. The minimum absolute atomic E-state index is 0.244. The topological polar surface area (TPSA) is 78.4 Å². The highest BCUT2D eigenvalue weighted by Gasteiger charge is 2.24. The van der Waals surface area contributed by atoms with Gasteiger partial charge in [-0.25, -0.2) is 14.4 Å². The zero-order valence-corrected chi connectivity index (χ0v) is 15.9. The number of H-pyrrole nitrogens is 1. The molecule has 2 N–H and O–H groups in total. The maximum atomic E-state index is 13.8. The highest BCUT2D eigenvalue weighted by Crippen LogP contribution is 2.25. The normalized spacial score (nSPS) is 16.0. The van der Waals surface area contributed by atoms with Crippen LogP contribution in [0.25, 0.3) is 0 Å². The SMILES string of the molecule is CCNC(=NCc1ccc(F)c(COC)c1)N1CCC(c2ncn[nH]2)CC1. The first-order valence-corrected chi connectivity index (χ1v) is 9.36. The van der Waals surface area contributed by atoms with Crippen molar-refractivity contribution in [3.63, 3.8) is 0 Å². The van der Waals surface area contributed by atoms with Crippen molar-refractivity contribution >= 4 is 5.96 Å². The van der Waals surface area contributed by atoms with E-state index in [4.69, 9.17) is 9.73 Å². The molecule has 8 heteroatoms. The smallest absolute Gasteiger partial charge is 0.194 e. The Labute approximate surface area is 159 Å². The Hall–Kier alpha value is -2.48. The molecule has 2 heterocycles. The summed E-state index contributed by atoms with van der Waals surface area (Å²) >= 11 is 0. The van der Waals surface area contributed by atoms with Crippen molar-refractivity contribution in [2.24, 2.45) is 4.99 Å². The predicted molar refractivity (Wildman–Crippen MR) is 102 cm³/mol. The molecule has 0 radical (unpaired) electrons. The van der Waals surface area contributed by atoms with E-state index in [-0.39, 0.29) is 12.4 Å². The number of benzene rings is 1. The number of hydrogen-bond acceptors (Lipinski definition) is 4. The number of halogens is 1. The van der Waals surface area contributed by atoms with Crippen molar-refractivity contribution in [2.45, 2.75) is 38.8 Å². The summed E-state index contributed by atoms with van der Waals surface area (Å²) in [6, 6.07) is 5.08. The fraction of sp³-hybridized carbons (Fsp3) is 0.526. The average molecular weight is 374 g/mol. The fourth-order valence-corrected chi connectivity index (χ4v) is 3.36. The Morgan fingerprint density at radius 3 is 2.89 bits per heavy atom. The van der Waals surface area contributed by atoms with Gasteiger partial charge in [0.2, 0.25) is 0 Å². The second kappa shape index (κ2) is 9.45. The number of nitrogens with zero attached hydrogens (tertiary/aromatic N) is 4. The molecule has 146 valence electrons. The molecule has 0 atom stereocenters. The highest BCUT2D eigenvalue weighted by molar-refractivity contribution is 5.80. The lowest BCUT2D eigenvalue weighted by Gasteiger charge is -2.33. The zero-order chi connectivity index (χ0) is 19.1. The zero-order valence-electron chi connectivity index (χ0n) is 15.9. The number of aliphatic imine (C=N–C) groups is 1. The minimum Gasteiger partial charge on any atom is -0.380 e. The third-order valence-corrected chi connectivity index (χ3v) is 4.77. The highest BCUT2D eigenvalue weighted by atomic mass is 19.1. The van der Waals surface area contributed by atoms with Crippen molar-refractivity contribution in [3.8, 4) is 0 Å². The Balaban J connectivity index is 1.64. The van der Waals surface area contributed by atoms with E-state index in [9.17, 15) is 4.39 Å². The molecule has 27 heavy (non-hydrogen) atoms. The molecular weight excluding hydrogens is 347 g/mol. The number of aromatic amines is 1. The summed E-state index contributed by atoms with van der Waals surface area (Å²) in [5.41, 5.74) is 1.53. The number of hydrogen-bond donors (Lipinski definition) is 2. The number of guanidine groups is 1. The number of nitrogens with one attached hydrogen (secondary N) is 2. The summed E-state index contributed by atoms with van der Waals surface area (Å²) in [4.78, 5) is 11.3. The molecule has 0 aliphatic carbocycles. The van der Waals surface area contributed by atoms with E-state index < -0.39 is 0 Å². The predicted octanol–water partition coefficient (Wildman–Crippen LogP) is 2.44. The van der Waals surface area contributed by atoms with Crippen LogP contribution in [0.4, 0.5) is 4.39 Å². The molecule has 0 bridgehead atoms. The molecule has 1 fully saturated rings. The Morgan fingerprint density at radius 2 is 2.22 bits per heavy atom. The first-order chi connectivity index (χ1) is 13.2. The molecule has 0 amide bonds. The van der Waals surface area contributed by atoms with Gasteiger partial charge in [-0.1, -0.05) is 6.07 Å². The fourth-order valence-electron chi connectivity index (χ4n) is 3.36. The monoisotopic (exact) mass is 374 g/mol. The number of piperidine rings is 1. The van der Waals surface area contributed by atoms with Crippen LogP contribution in [0.1, 0.15) is 42.6 Å². The molecular formula is C19H27FN6O. The van der Waals surface area contributed by atoms with Gasteiger partial charge in [-0.3, -0.25) is 5.10 Å². The largest absolute Gasteiger partial charge is 0.380 e. The molecule has 0 unspecified atom stereocenters. The van der Waals surface area contributed by atoms with Crippen LogP contribution in [-0.4, -0.2) is 52.8 Å². The number of methoxy groups -OCH3 is 1. The molecule has 0 spiro atoms. The molecule has 1 aliphatic rings. The van der Waals surface area contributed by atoms with Crippen LogP contribution in [-0.2, 0) is 17.9 Å². The standard InChI is InChI=1S/C19H27FN6O/c1-3-21-19(22-11-14-4-5-17(20)16(10-14)12-27-2)26-8-6-15(7-9-26)18-23-13-24-25-18/h4-5,10,13,15H,3,6-9,11-12H2,1-2H3,(H,21,22)(H,23,24,25). The lowest BCUT2D eigenvalue weighted by atomic mass is 9.96. The van der Waals surface area contributed by atoms with Gasteiger partial charge in [0.05, 0.1) is 13.2 Å². The van der Waals surface area contributed by atoms with Crippen molar-refractivity contribution < 1.29 is 9.13 Å². The summed E-state index contributed by atoms with van der Waals surface area (Å²) in [6.45, 7) is 5.45. The molecule has 1 aromatic heterocycles. The van der Waals surface area contributed by atoms with Crippen molar-refractivity contribution in [1.82, 2.24) is 25.4 Å². The van der Waals surface area contributed by atoms with Crippen molar-refractivity contribution in [3.05, 3.63) is 47.3 Å². The number of rotatable bonds is 6. The lowest BCUT2D eigenvalue weighted by Crippen LogP contribution is -2.45. The number of ether oxygens (including phenoxy) is 1. The van der Waals surface area contributed by atoms with E-state index in [0.29, 0.717) is 18.0 Å². The lowest BCUT2D eigenvalue weighted by molar-refractivity contribution is 0.181. The summed E-state index contributed by atoms with van der Waals surface area (Å²) in [6.07, 6.45) is 3.58. The van der Waals surface area contributed by atoms with Gasteiger partial charge in [0.25, 0.3) is 0 Å². The average Bonchev–Trinajstić information content (AvgIpc) is 3.22. The van der Waals surface area contributed by atoms with Gasteiger partial charge in [0.1, 0.15) is 18.0 Å². The van der Waals surface area contributed by atoms with E-state index in [0.717, 1.165) is 49.8 Å². The Morgan fingerprint density at radius 1 is 1.41 bits per heavy atom. The minimum atomic E-state index is -0.244. The van der Waals surface area contributed by atoms with Crippen LogP contribution in [0.3, 0.4) is 0 Å². The maximum absolute atomic E-state index is 13.8. The second-order valence-electron chi connectivity index (χ2n) is 6.66. The maximum Gasteiger partial charge on any atom is 0.194 e. The quantitative estimate of drug-likeness (QED) is 0.600. The van der Waals surface area contributed by atoms with Gasteiger partial charge in [-0.05, 0) is 37.5 Å². The summed E-state index contributed by atoms with van der Waals surface area (Å²) in [5.74, 6) is 2.03. The molecule has 7 nitrogen and oxygen atoms in total. The molecule has 0 saturated carbocycles. The van der Waals surface area contributed by atoms with Gasteiger partial charge in [0, 0.05) is 38.2 Å². The summed E-state index contributed by atoms with van der Waals surface area (Å²) in [7, 11) is 1.57. The van der Waals surface area contributed by atoms with E-state index in [1.165, 1.54) is 6.07 Å². The summed E-state index contributed by atoms with van der Waals surface area (Å²) in [5, 5.41) is 10.3. The third kappa shape index (κ3) is 5.03. The van der Waals surface area contributed by atoms with Gasteiger partial charge in [0.15, 0.2) is 5.96 Å². The van der Waals surface area contributed by atoms with E-state index >= 15 is 0 Å². The first kappa shape index (κ1) is 19.3. The van der Waals surface area contributed by atoms with E-state index in [2.05, 4.69) is 32.3 Å². The second-order valence-corrected chi connectivity index (χ2v) is 6.66. The van der Waals surface area contributed by atoms with Crippen LogP contribution < -0.4 is 5.32 Å². The molecule has 1 aromatic carbocycles. The van der Waals surface area contributed by atoms with Crippen LogP contribution in [0, 0.1) is 5.82 Å². The third-order valence-electron chi connectivity index (χ3n) is 4.77. The Kier molecular flexibility index (Phi) is 6.75. The van der Waals surface area contributed by atoms with E-state index in [1.54, 1.807) is 19.5 Å². The van der Waals surface area contributed by atoms with Gasteiger partial charge < -0.3 is 15.0 Å². The van der Waals surface area contributed by atoms with Crippen LogP contribution in [0.15, 0.2) is 29.5 Å². The Bertz CT molecular complexity index is 741. The molecule has 1 saturated heterocycles. The molecule has 3 rings (SSSR count). The molecule has 1 aliphatic heterocycles. The summed E-state index contributed by atoms with van der Waals surface area (Å²) < 4.78 is 18.8. The van der Waals surface area contributed by atoms with Gasteiger partial charge in [-0.15, -0.1) is 0 Å². The van der Waals surface area contributed by atoms with E-state index in [1.807, 2.05) is 6.07 Å². The van der Waals surface area contributed by atoms with Crippen LogP contribution >= 0.6 is 0 Å². The van der Waals surface area contributed by atoms with Crippen LogP contribution in [0.5, 0.6) is 0 Å².